The van der Waals surface area contributed by atoms with Crippen LogP contribution in [0.3, 0.4) is 0 Å². The molecule has 1 aliphatic rings. The highest BCUT2D eigenvalue weighted by Gasteiger charge is 2.24. The summed E-state index contributed by atoms with van der Waals surface area (Å²) in [5.74, 6) is -1.81. The molecule has 162 valence electrons. The Bertz CT molecular complexity index is 1050. The third-order valence-corrected chi connectivity index (χ3v) is 6.23. The average molecular weight is 425 g/mol. The van der Waals surface area contributed by atoms with Gasteiger partial charge in [-0.05, 0) is 60.1 Å². The SMILES string of the molecule is CCCC1CCC(c2ccc(-c3ccc(-c4ccc(C)c(F)c4F)cc3)cc2F)CO1. The van der Waals surface area contributed by atoms with Crippen molar-refractivity contribution in [3.05, 3.63) is 83.2 Å². The molecular formula is C27H27F3O. The Balaban J connectivity index is 1.52. The Hall–Kier alpha value is -2.59. The molecule has 31 heavy (non-hydrogen) atoms. The molecule has 0 saturated carbocycles. The largest absolute Gasteiger partial charge is 0.378 e. The van der Waals surface area contributed by atoms with Crippen LogP contribution in [0, 0.1) is 24.4 Å². The van der Waals surface area contributed by atoms with Gasteiger partial charge in [-0.25, -0.2) is 13.2 Å². The lowest BCUT2D eigenvalue weighted by molar-refractivity contribution is -0.00172. The molecular weight excluding hydrogens is 397 g/mol. The van der Waals surface area contributed by atoms with Crippen molar-refractivity contribution in [1.29, 1.82) is 0 Å². The monoisotopic (exact) mass is 424 g/mol. The van der Waals surface area contributed by atoms with Gasteiger partial charge < -0.3 is 4.74 Å². The number of rotatable bonds is 5. The summed E-state index contributed by atoms with van der Waals surface area (Å²) in [5.41, 5.74) is 3.35. The molecule has 0 N–H and O–H groups in total. The van der Waals surface area contributed by atoms with E-state index in [9.17, 15) is 13.2 Å². The van der Waals surface area contributed by atoms with Crippen molar-refractivity contribution in [3.8, 4) is 22.3 Å². The van der Waals surface area contributed by atoms with Gasteiger partial charge >= 0.3 is 0 Å². The zero-order valence-electron chi connectivity index (χ0n) is 17.9. The number of aryl methyl sites for hydroxylation is 1. The van der Waals surface area contributed by atoms with Crippen LogP contribution in [0.15, 0.2) is 54.6 Å². The molecule has 0 aliphatic carbocycles. The summed E-state index contributed by atoms with van der Waals surface area (Å²) in [6, 6.07) is 15.5. The third kappa shape index (κ3) is 4.54. The summed E-state index contributed by atoms with van der Waals surface area (Å²) >= 11 is 0. The maximum atomic E-state index is 14.9. The van der Waals surface area contributed by atoms with Gasteiger partial charge in [0.15, 0.2) is 11.6 Å². The number of hydrogen-bond donors (Lipinski definition) is 0. The van der Waals surface area contributed by atoms with Crippen LogP contribution in [0.1, 0.15) is 49.7 Å². The molecule has 2 atom stereocenters. The van der Waals surface area contributed by atoms with E-state index >= 15 is 0 Å². The van der Waals surface area contributed by atoms with Crippen LogP contribution in [-0.4, -0.2) is 12.7 Å². The number of halogens is 3. The first-order valence-corrected chi connectivity index (χ1v) is 10.9. The van der Waals surface area contributed by atoms with Crippen molar-refractivity contribution >= 4 is 0 Å². The van der Waals surface area contributed by atoms with Crippen LogP contribution in [0.4, 0.5) is 13.2 Å². The van der Waals surface area contributed by atoms with Crippen molar-refractivity contribution in [3.63, 3.8) is 0 Å². The van der Waals surface area contributed by atoms with Gasteiger partial charge in [-0.1, -0.05) is 61.9 Å². The molecule has 4 rings (SSSR count). The smallest absolute Gasteiger partial charge is 0.166 e. The average Bonchev–Trinajstić information content (AvgIpc) is 2.79. The lowest BCUT2D eigenvalue weighted by atomic mass is 9.89. The molecule has 0 bridgehead atoms. The standard InChI is InChI=1S/C27H27F3O/c1-3-4-22-12-10-21(16-31-22)23-14-11-20(15-25(23)28)18-6-8-19(9-7-18)24-13-5-17(2)26(29)27(24)30/h5-9,11,13-15,21-22H,3-4,10,12,16H2,1-2H3. The van der Waals surface area contributed by atoms with Crippen LogP contribution in [0.2, 0.25) is 0 Å². The number of hydrogen-bond acceptors (Lipinski definition) is 1. The zero-order valence-corrected chi connectivity index (χ0v) is 17.9. The van der Waals surface area contributed by atoms with Crippen LogP contribution in [0.25, 0.3) is 22.3 Å². The van der Waals surface area contributed by atoms with Crippen molar-refractivity contribution < 1.29 is 17.9 Å². The van der Waals surface area contributed by atoms with Gasteiger partial charge in [0.2, 0.25) is 0 Å². The highest BCUT2D eigenvalue weighted by molar-refractivity contribution is 5.71. The number of ether oxygens (including phenoxy) is 1. The molecule has 1 heterocycles. The van der Waals surface area contributed by atoms with Crippen molar-refractivity contribution in [2.45, 2.75) is 51.6 Å². The van der Waals surface area contributed by atoms with Crippen LogP contribution < -0.4 is 0 Å². The van der Waals surface area contributed by atoms with E-state index < -0.39 is 11.6 Å². The summed E-state index contributed by atoms with van der Waals surface area (Å²) in [6.07, 6.45) is 4.37. The molecule has 4 heteroatoms. The lowest BCUT2D eigenvalue weighted by Gasteiger charge is -2.29. The van der Waals surface area contributed by atoms with E-state index in [2.05, 4.69) is 6.92 Å². The van der Waals surface area contributed by atoms with Gasteiger partial charge in [-0.15, -0.1) is 0 Å². The minimum absolute atomic E-state index is 0.0870. The van der Waals surface area contributed by atoms with Gasteiger partial charge in [0.05, 0.1) is 12.7 Å². The van der Waals surface area contributed by atoms with Gasteiger partial charge in [0, 0.05) is 11.5 Å². The minimum atomic E-state index is -0.848. The van der Waals surface area contributed by atoms with Crippen molar-refractivity contribution in [2.75, 3.05) is 6.61 Å². The molecule has 3 aromatic rings. The first kappa shape index (κ1) is 21.6. The summed E-state index contributed by atoms with van der Waals surface area (Å²) in [5, 5.41) is 0. The van der Waals surface area contributed by atoms with Gasteiger partial charge in [0.1, 0.15) is 5.82 Å². The van der Waals surface area contributed by atoms with E-state index in [1.54, 1.807) is 42.5 Å². The Morgan fingerprint density at radius 3 is 2.19 bits per heavy atom. The van der Waals surface area contributed by atoms with Crippen molar-refractivity contribution in [2.24, 2.45) is 0 Å². The summed E-state index contributed by atoms with van der Waals surface area (Å²) < 4.78 is 49.0. The number of benzene rings is 3. The first-order chi connectivity index (χ1) is 15.0. The van der Waals surface area contributed by atoms with E-state index in [1.165, 1.54) is 6.92 Å². The zero-order chi connectivity index (χ0) is 22.0. The summed E-state index contributed by atoms with van der Waals surface area (Å²) in [4.78, 5) is 0. The second-order valence-corrected chi connectivity index (χ2v) is 8.39. The summed E-state index contributed by atoms with van der Waals surface area (Å²) in [6.45, 7) is 4.25. The Morgan fingerprint density at radius 1 is 0.839 bits per heavy atom. The quantitative estimate of drug-likeness (QED) is 0.406. The van der Waals surface area contributed by atoms with E-state index in [0.29, 0.717) is 23.8 Å². The first-order valence-electron chi connectivity index (χ1n) is 10.9. The van der Waals surface area contributed by atoms with Crippen molar-refractivity contribution in [1.82, 2.24) is 0 Å². The maximum Gasteiger partial charge on any atom is 0.166 e. The fourth-order valence-electron chi connectivity index (χ4n) is 4.35. The molecule has 0 amide bonds. The summed E-state index contributed by atoms with van der Waals surface area (Å²) in [7, 11) is 0. The topological polar surface area (TPSA) is 9.23 Å². The molecule has 1 saturated heterocycles. The third-order valence-electron chi connectivity index (χ3n) is 6.23. The van der Waals surface area contributed by atoms with E-state index in [-0.39, 0.29) is 22.9 Å². The maximum absolute atomic E-state index is 14.9. The molecule has 0 radical (unpaired) electrons. The highest BCUT2D eigenvalue weighted by Crippen LogP contribution is 2.34. The molecule has 3 aromatic carbocycles. The van der Waals surface area contributed by atoms with E-state index in [1.807, 2.05) is 12.1 Å². The van der Waals surface area contributed by atoms with E-state index in [4.69, 9.17) is 4.74 Å². The lowest BCUT2D eigenvalue weighted by Crippen LogP contribution is -2.25. The normalized spacial score (nSPS) is 18.9. The van der Waals surface area contributed by atoms with Gasteiger partial charge in [-0.3, -0.25) is 0 Å². The van der Waals surface area contributed by atoms with Gasteiger partial charge in [0.25, 0.3) is 0 Å². The fourth-order valence-corrected chi connectivity index (χ4v) is 4.35. The molecule has 1 nitrogen and oxygen atoms in total. The second-order valence-electron chi connectivity index (χ2n) is 8.39. The Labute approximate surface area is 181 Å². The van der Waals surface area contributed by atoms with Gasteiger partial charge in [-0.2, -0.15) is 0 Å². The molecule has 2 unspecified atom stereocenters. The molecule has 0 aromatic heterocycles. The highest BCUT2D eigenvalue weighted by atomic mass is 19.2. The second kappa shape index (κ2) is 9.27. The predicted octanol–water partition coefficient (Wildman–Crippen LogP) is 7.81. The molecule has 1 fully saturated rings. The van der Waals surface area contributed by atoms with E-state index in [0.717, 1.165) is 36.8 Å². The Kier molecular flexibility index (Phi) is 6.47. The van der Waals surface area contributed by atoms with Crippen LogP contribution in [-0.2, 0) is 4.74 Å². The molecule has 0 spiro atoms. The van der Waals surface area contributed by atoms with Crippen LogP contribution in [0.5, 0.6) is 0 Å². The minimum Gasteiger partial charge on any atom is -0.378 e. The Morgan fingerprint density at radius 2 is 1.55 bits per heavy atom. The van der Waals surface area contributed by atoms with Crippen LogP contribution >= 0.6 is 0 Å². The predicted molar refractivity (Wildman–Crippen MR) is 119 cm³/mol. The fraction of sp³-hybridized carbons (Fsp3) is 0.333. The molecule has 1 aliphatic heterocycles.